The summed E-state index contributed by atoms with van der Waals surface area (Å²) in [7, 11) is 0. The van der Waals surface area contributed by atoms with Gasteiger partial charge in [-0.05, 0) is 0 Å². The molecule has 0 spiro atoms. The van der Waals surface area contributed by atoms with Crippen molar-refractivity contribution in [2.45, 2.75) is 18.3 Å². The van der Waals surface area contributed by atoms with Crippen LogP contribution in [0.4, 0.5) is 13.2 Å². The van der Waals surface area contributed by atoms with Crippen molar-refractivity contribution in [1.82, 2.24) is 4.90 Å². The second-order valence-electron chi connectivity index (χ2n) is 3.99. The number of hydrogen-bond donors (Lipinski definition) is 2. The summed E-state index contributed by atoms with van der Waals surface area (Å²) in [4.78, 5) is 1.74. The van der Waals surface area contributed by atoms with Crippen LogP contribution in [0.15, 0.2) is 0 Å². The van der Waals surface area contributed by atoms with E-state index in [1.165, 1.54) is 0 Å². The molecular formula is C9H16F3N3S. The van der Waals surface area contributed by atoms with Gasteiger partial charge in [-0.1, -0.05) is 6.92 Å². The zero-order valence-corrected chi connectivity index (χ0v) is 9.87. The fraction of sp³-hybridized carbons (Fsp3) is 0.889. The van der Waals surface area contributed by atoms with E-state index < -0.39 is 17.9 Å². The average molecular weight is 255 g/mol. The Morgan fingerprint density at radius 2 is 2.25 bits per heavy atom. The zero-order chi connectivity index (χ0) is 12.3. The molecule has 3 nitrogen and oxygen atoms in total. The van der Waals surface area contributed by atoms with Gasteiger partial charge in [-0.3, -0.25) is 5.41 Å². The largest absolute Gasteiger partial charge is 0.399 e. The van der Waals surface area contributed by atoms with Crippen LogP contribution in [0.2, 0.25) is 0 Å². The number of halogens is 3. The maximum atomic E-state index is 12.6. The number of hydrogen-bond acceptors (Lipinski definition) is 3. The second-order valence-corrected chi connectivity index (χ2v) is 5.54. The van der Waals surface area contributed by atoms with Gasteiger partial charge < -0.3 is 10.6 Å². The van der Waals surface area contributed by atoms with Gasteiger partial charge in [0.25, 0.3) is 0 Å². The van der Waals surface area contributed by atoms with Gasteiger partial charge in [-0.15, -0.1) is 0 Å². The number of nitrogens with one attached hydrogen (secondary N) is 1. The Labute approximate surface area is 97.1 Å². The Morgan fingerprint density at radius 1 is 1.62 bits per heavy atom. The highest BCUT2D eigenvalue weighted by atomic mass is 32.2. The van der Waals surface area contributed by atoms with Gasteiger partial charge in [0.1, 0.15) is 11.8 Å². The quantitative estimate of drug-likeness (QED) is 0.594. The van der Waals surface area contributed by atoms with E-state index in [0.29, 0.717) is 18.3 Å². The summed E-state index contributed by atoms with van der Waals surface area (Å²) in [5, 5.41) is 7.34. The Morgan fingerprint density at radius 3 is 2.69 bits per heavy atom. The van der Waals surface area contributed by atoms with E-state index in [1.54, 1.807) is 16.7 Å². The summed E-state index contributed by atoms with van der Waals surface area (Å²) >= 11 is 1.76. The Hall–Kier alpha value is -0.430. The number of amidine groups is 1. The Balaban J connectivity index is 2.58. The Kier molecular flexibility index (Phi) is 4.49. The van der Waals surface area contributed by atoms with Crippen molar-refractivity contribution in [3.63, 3.8) is 0 Å². The molecule has 1 rings (SSSR count). The first-order valence-electron chi connectivity index (χ1n) is 5.05. The molecule has 7 heteroatoms. The zero-order valence-electron chi connectivity index (χ0n) is 9.05. The van der Waals surface area contributed by atoms with Crippen molar-refractivity contribution < 1.29 is 13.2 Å². The summed E-state index contributed by atoms with van der Waals surface area (Å²) in [5.74, 6) is -1.79. The first-order chi connectivity index (χ1) is 7.30. The third-order valence-electron chi connectivity index (χ3n) is 2.54. The molecule has 3 N–H and O–H groups in total. The summed E-state index contributed by atoms with van der Waals surface area (Å²) in [6.45, 7) is 3.07. The van der Waals surface area contributed by atoms with Gasteiger partial charge in [-0.2, -0.15) is 24.9 Å². The van der Waals surface area contributed by atoms with Gasteiger partial charge in [0.15, 0.2) is 0 Å². The standard InChI is InChI=1S/C9H16F3N3S/c1-6-4-15(2-3-16-6)5-7(8(13)14)9(10,11)12/h6-7H,2-5H2,1H3,(H3,13,14). The van der Waals surface area contributed by atoms with E-state index in [0.717, 1.165) is 5.75 Å². The highest BCUT2D eigenvalue weighted by molar-refractivity contribution is 7.99. The van der Waals surface area contributed by atoms with Gasteiger partial charge in [-0.25, -0.2) is 0 Å². The molecular weight excluding hydrogens is 239 g/mol. The summed E-state index contributed by atoms with van der Waals surface area (Å²) in [5.41, 5.74) is 5.01. The minimum absolute atomic E-state index is 0.191. The van der Waals surface area contributed by atoms with E-state index >= 15 is 0 Å². The monoisotopic (exact) mass is 255 g/mol. The molecule has 1 aliphatic rings. The van der Waals surface area contributed by atoms with Gasteiger partial charge in [0.2, 0.25) is 0 Å². The van der Waals surface area contributed by atoms with E-state index in [-0.39, 0.29) is 6.54 Å². The van der Waals surface area contributed by atoms with E-state index in [2.05, 4.69) is 0 Å². The van der Waals surface area contributed by atoms with Crippen LogP contribution in [0, 0.1) is 11.3 Å². The molecule has 0 bridgehead atoms. The minimum Gasteiger partial charge on any atom is -0.387 e. The Bertz CT molecular complexity index is 257. The average Bonchev–Trinajstić information content (AvgIpc) is 2.12. The lowest BCUT2D eigenvalue weighted by molar-refractivity contribution is -0.159. The second kappa shape index (κ2) is 5.27. The fourth-order valence-corrected chi connectivity index (χ4v) is 2.77. The number of alkyl halides is 3. The number of nitrogens with zero attached hydrogens (tertiary/aromatic N) is 1. The lowest BCUT2D eigenvalue weighted by atomic mass is 10.1. The van der Waals surface area contributed by atoms with Gasteiger partial charge in [0.05, 0.1) is 0 Å². The van der Waals surface area contributed by atoms with Crippen LogP contribution in [0.5, 0.6) is 0 Å². The first kappa shape index (κ1) is 13.6. The first-order valence-corrected chi connectivity index (χ1v) is 6.10. The van der Waals surface area contributed by atoms with Crippen molar-refractivity contribution in [1.29, 1.82) is 5.41 Å². The summed E-state index contributed by atoms with van der Waals surface area (Å²) in [6.07, 6.45) is -4.42. The lowest BCUT2D eigenvalue weighted by Gasteiger charge is -2.33. The molecule has 1 fully saturated rings. The molecule has 0 radical (unpaired) electrons. The topological polar surface area (TPSA) is 53.1 Å². The van der Waals surface area contributed by atoms with E-state index in [4.69, 9.17) is 11.1 Å². The van der Waals surface area contributed by atoms with Crippen LogP contribution >= 0.6 is 11.8 Å². The molecule has 0 aromatic carbocycles. The van der Waals surface area contributed by atoms with Gasteiger partial charge >= 0.3 is 6.18 Å². The van der Waals surface area contributed by atoms with Crippen LogP contribution < -0.4 is 5.73 Å². The van der Waals surface area contributed by atoms with Crippen LogP contribution in [0.3, 0.4) is 0 Å². The van der Waals surface area contributed by atoms with E-state index in [9.17, 15) is 13.2 Å². The SMILES string of the molecule is CC1CN(CC(C(=N)N)C(F)(F)F)CCS1. The molecule has 0 aromatic rings. The number of thioether (sulfide) groups is 1. The van der Waals surface area contributed by atoms with Crippen LogP contribution in [0.25, 0.3) is 0 Å². The minimum atomic E-state index is -4.42. The van der Waals surface area contributed by atoms with E-state index in [1.807, 2.05) is 6.92 Å². The number of rotatable bonds is 3. The molecule has 1 heterocycles. The maximum Gasteiger partial charge on any atom is 0.399 e. The molecule has 2 unspecified atom stereocenters. The number of nitrogens with two attached hydrogens (primary N) is 1. The summed E-state index contributed by atoms with van der Waals surface area (Å²) in [6, 6.07) is 0. The fourth-order valence-electron chi connectivity index (χ4n) is 1.69. The lowest BCUT2D eigenvalue weighted by Crippen LogP contribution is -2.47. The van der Waals surface area contributed by atoms with Crippen LogP contribution in [-0.2, 0) is 0 Å². The maximum absolute atomic E-state index is 12.6. The molecule has 0 amide bonds. The molecule has 94 valence electrons. The normalized spacial score (nSPS) is 25.4. The van der Waals surface area contributed by atoms with Crippen molar-refractivity contribution in [2.24, 2.45) is 11.7 Å². The molecule has 1 saturated heterocycles. The molecule has 1 aliphatic heterocycles. The molecule has 0 aliphatic carbocycles. The highest BCUT2D eigenvalue weighted by Crippen LogP contribution is 2.28. The van der Waals surface area contributed by atoms with Crippen LogP contribution in [-0.4, -0.2) is 47.5 Å². The van der Waals surface area contributed by atoms with Crippen molar-refractivity contribution >= 4 is 17.6 Å². The predicted octanol–water partition coefficient (Wildman–Crippen LogP) is 1.54. The summed E-state index contributed by atoms with van der Waals surface area (Å²) < 4.78 is 37.7. The molecule has 0 aromatic heterocycles. The third kappa shape index (κ3) is 3.86. The highest BCUT2D eigenvalue weighted by Gasteiger charge is 2.43. The molecule has 0 saturated carbocycles. The van der Waals surface area contributed by atoms with Gasteiger partial charge in [0, 0.05) is 30.6 Å². The van der Waals surface area contributed by atoms with Crippen molar-refractivity contribution in [2.75, 3.05) is 25.4 Å². The smallest absolute Gasteiger partial charge is 0.387 e. The third-order valence-corrected chi connectivity index (χ3v) is 3.67. The predicted molar refractivity (Wildman–Crippen MR) is 59.8 cm³/mol. The molecule has 2 atom stereocenters. The van der Waals surface area contributed by atoms with Crippen molar-refractivity contribution in [3.05, 3.63) is 0 Å². The van der Waals surface area contributed by atoms with Crippen molar-refractivity contribution in [3.8, 4) is 0 Å². The molecule has 16 heavy (non-hydrogen) atoms. The van der Waals surface area contributed by atoms with Crippen LogP contribution in [0.1, 0.15) is 6.92 Å².